The number of aliphatic carboxylic acids is 1. The largest absolute Gasteiger partial charge is 0.748 e. The molecule has 0 radical (unpaired) electrons. The van der Waals surface area contributed by atoms with Crippen LogP contribution >= 0.6 is 0 Å². The third kappa shape index (κ3) is 7.98. The fourth-order valence-corrected chi connectivity index (χ4v) is 6.25. The Bertz CT molecular complexity index is 759. The maximum absolute atomic E-state index is 12.5. The first-order chi connectivity index (χ1) is 11.6. The minimum absolute atomic E-state index is 0.190. The number of carboxylic acid groups (broad SMARTS) is 1. The highest BCUT2D eigenvalue weighted by atomic mass is 32.2. The predicted molar refractivity (Wildman–Crippen MR) is 95.4 cm³/mol. The lowest BCUT2D eigenvalue weighted by Crippen LogP contribution is -2.38. The molecule has 152 valence electrons. The Labute approximate surface area is 154 Å². The number of rotatable bonds is 9. The van der Waals surface area contributed by atoms with Gasteiger partial charge < -0.3 is 19.6 Å². The fraction of sp³-hybridized carbons (Fsp3) is 0.857. The van der Waals surface area contributed by atoms with Crippen LogP contribution in [0, 0.1) is 11.8 Å². The highest BCUT2D eigenvalue weighted by Gasteiger charge is 2.43. The molecular formula is C14H27N3O7S2. The summed E-state index contributed by atoms with van der Waals surface area (Å²) in [6.45, 7) is 3.74. The number of quaternary nitrogens is 1. The van der Waals surface area contributed by atoms with Crippen molar-refractivity contribution in [1.29, 1.82) is 0 Å². The van der Waals surface area contributed by atoms with Crippen molar-refractivity contribution in [3.63, 3.8) is 0 Å². The number of nitrogens with one attached hydrogen (secondary N) is 1. The molecule has 0 aromatic heterocycles. The van der Waals surface area contributed by atoms with Crippen LogP contribution in [0.4, 0.5) is 0 Å². The highest BCUT2D eigenvalue weighted by molar-refractivity contribution is 7.91. The molecule has 10 nitrogen and oxygen atoms in total. The van der Waals surface area contributed by atoms with Crippen LogP contribution in [0.1, 0.15) is 13.8 Å². The normalized spacial score (nSPS) is 25.0. The summed E-state index contributed by atoms with van der Waals surface area (Å²) in [5, 5.41) is 12.3. The lowest BCUT2D eigenvalue weighted by molar-refractivity contribution is -0.880. The maximum Gasteiger partial charge on any atom is 0.351 e. The molecule has 1 fully saturated rings. The van der Waals surface area contributed by atoms with E-state index >= 15 is 0 Å². The minimum Gasteiger partial charge on any atom is -0.748 e. The van der Waals surface area contributed by atoms with Crippen molar-refractivity contribution in [2.75, 3.05) is 44.4 Å². The lowest BCUT2D eigenvalue weighted by Gasteiger charge is -2.23. The van der Waals surface area contributed by atoms with Crippen LogP contribution in [0.25, 0.3) is 0 Å². The zero-order valence-electron chi connectivity index (χ0n) is 15.4. The lowest BCUT2D eigenvalue weighted by atomic mass is 10.0. The Kier molecular flexibility index (Phi) is 7.18. The van der Waals surface area contributed by atoms with Crippen molar-refractivity contribution in [3.05, 3.63) is 0 Å². The van der Waals surface area contributed by atoms with Gasteiger partial charge in [-0.05, 0) is 13.8 Å². The molecule has 1 heterocycles. The summed E-state index contributed by atoms with van der Waals surface area (Å²) in [6.07, 6.45) is 0. The molecular weight excluding hydrogens is 386 g/mol. The summed E-state index contributed by atoms with van der Waals surface area (Å²) < 4.78 is 58.7. The molecule has 3 unspecified atom stereocenters. The number of nitrogens with zero attached hydrogens (tertiary/aromatic N) is 2. The van der Waals surface area contributed by atoms with Crippen molar-refractivity contribution in [3.8, 4) is 0 Å². The van der Waals surface area contributed by atoms with Gasteiger partial charge in [0.05, 0.1) is 54.9 Å². The van der Waals surface area contributed by atoms with Crippen LogP contribution in [-0.4, -0.2) is 93.1 Å². The predicted octanol–water partition coefficient (Wildman–Crippen LogP) is -1.29. The average molecular weight is 414 g/mol. The molecule has 3 atom stereocenters. The quantitative estimate of drug-likeness (QED) is 0.205. The molecule has 0 aromatic rings. The van der Waals surface area contributed by atoms with E-state index in [9.17, 15) is 26.2 Å². The molecule has 0 aromatic carbocycles. The van der Waals surface area contributed by atoms with Gasteiger partial charge in [0.2, 0.25) is 0 Å². The van der Waals surface area contributed by atoms with E-state index in [1.807, 2.05) is 14.1 Å². The number of sulfone groups is 1. The molecule has 12 heteroatoms. The molecule has 0 spiro atoms. The van der Waals surface area contributed by atoms with Gasteiger partial charge in [-0.1, -0.05) is 0 Å². The van der Waals surface area contributed by atoms with Crippen LogP contribution in [0.3, 0.4) is 0 Å². The van der Waals surface area contributed by atoms with Gasteiger partial charge in [-0.3, -0.25) is 0 Å². The van der Waals surface area contributed by atoms with Crippen molar-refractivity contribution in [1.82, 2.24) is 5.43 Å². The summed E-state index contributed by atoms with van der Waals surface area (Å²) >= 11 is 0. The number of hydrogen-bond donors (Lipinski definition) is 2. The average Bonchev–Trinajstić information content (AvgIpc) is 2.66. The van der Waals surface area contributed by atoms with Crippen LogP contribution in [0.15, 0.2) is 5.10 Å². The molecule has 0 saturated carbocycles. The molecule has 1 rings (SSSR count). The van der Waals surface area contributed by atoms with Crippen LogP contribution < -0.4 is 5.43 Å². The smallest absolute Gasteiger partial charge is 0.351 e. The molecule has 1 saturated heterocycles. The number of hydrazone groups is 1. The van der Waals surface area contributed by atoms with Crippen molar-refractivity contribution in [2.45, 2.75) is 19.9 Å². The Balaban J connectivity index is 2.77. The summed E-state index contributed by atoms with van der Waals surface area (Å²) in [4.78, 5) is 10.7. The van der Waals surface area contributed by atoms with E-state index in [2.05, 4.69) is 10.5 Å². The van der Waals surface area contributed by atoms with Crippen molar-refractivity contribution < 1.29 is 35.8 Å². The van der Waals surface area contributed by atoms with E-state index in [0.717, 1.165) is 0 Å². The van der Waals surface area contributed by atoms with Gasteiger partial charge in [0.25, 0.3) is 0 Å². The number of likely N-dealkylation sites (tertiary alicyclic amines) is 1. The first-order valence-electron chi connectivity index (χ1n) is 8.09. The second-order valence-corrected chi connectivity index (χ2v) is 11.3. The van der Waals surface area contributed by atoms with E-state index in [-0.39, 0.29) is 17.2 Å². The summed E-state index contributed by atoms with van der Waals surface area (Å²) in [5.41, 5.74) is 2.30. The van der Waals surface area contributed by atoms with Gasteiger partial charge >= 0.3 is 5.97 Å². The Morgan fingerprint density at radius 2 is 1.73 bits per heavy atom. The summed E-state index contributed by atoms with van der Waals surface area (Å²) in [7, 11) is -4.26. The maximum atomic E-state index is 12.5. The molecule has 0 bridgehead atoms. The topological polar surface area (TPSA) is 153 Å². The van der Waals surface area contributed by atoms with Gasteiger partial charge in [0, 0.05) is 17.6 Å². The summed E-state index contributed by atoms with van der Waals surface area (Å²) in [5.74, 6) is -3.19. The molecule has 2 N–H and O–H groups in total. The fourth-order valence-electron chi connectivity index (χ4n) is 3.35. The number of carboxylic acids is 1. The number of hydrogen-bond acceptors (Lipinski definition) is 8. The van der Waals surface area contributed by atoms with Gasteiger partial charge in [-0.2, -0.15) is 5.10 Å². The van der Waals surface area contributed by atoms with Crippen LogP contribution in [0.5, 0.6) is 0 Å². The number of carbonyl (C=O) groups is 1. The van der Waals surface area contributed by atoms with Gasteiger partial charge in [-0.15, -0.1) is 0 Å². The van der Waals surface area contributed by atoms with Crippen molar-refractivity contribution >= 4 is 31.6 Å². The van der Waals surface area contributed by atoms with Crippen LogP contribution in [-0.2, 0) is 24.7 Å². The second-order valence-electron chi connectivity index (χ2n) is 7.65. The highest BCUT2D eigenvalue weighted by Crippen LogP contribution is 2.29. The zero-order chi connectivity index (χ0) is 20.3. The molecule has 1 aliphatic rings. The van der Waals surface area contributed by atoms with E-state index in [0.29, 0.717) is 17.6 Å². The second kappa shape index (κ2) is 8.19. The van der Waals surface area contributed by atoms with Gasteiger partial charge in [-0.25, -0.2) is 21.6 Å². The molecule has 0 aliphatic carbocycles. The monoisotopic (exact) mass is 413 g/mol. The minimum atomic E-state index is -4.44. The Hall–Kier alpha value is -1.24. The molecule has 26 heavy (non-hydrogen) atoms. The van der Waals surface area contributed by atoms with E-state index in [1.165, 1.54) is 6.92 Å². The van der Waals surface area contributed by atoms with E-state index in [1.54, 1.807) is 6.92 Å². The third-order valence-electron chi connectivity index (χ3n) is 4.28. The first-order valence-corrected chi connectivity index (χ1v) is 11.5. The van der Waals surface area contributed by atoms with Gasteiger partial charge in [0.1, 0.15) is 5.71 Å². The Morgan fingerprint density at radius 1 is 1.23 bits per heavy atom. The molecule has 1 aliphatic heterocycles. The zero-order valence-corrected chi connectivity index (χ0v) is 17.0. The van der Waals surface area contributed by atoms with E-state index in [4.69, 9.17) is 5.11 Å². The van der Waals surface area contributed by atoms with Crippen molar-refractivity contribution in [2.24, 2.45) is 16.9 Å². The summed E-state index contributed by atoms with van der Waals surface area (Å²) in [6, 6.07) is -0.611. The third-order valence-corrected chi connectivity index (χ3v) is 7.06. The first kappa shape index (κ1) is 22.8. The van der Waals surface area contributed by atoms with Gasteiger partial charge in [0.15, 0.2) is 9.84 Å². The standard InChI is InChI=1S/C14H27N3O7S2/c1-10(15-16-11(2)14(18)19)7-25(20,21)8-12-5-17(3,4)6-13(12)9-26(22,23)24/h10,12-13,15H,5-9H2,1-4H3,(H-,18,19,22,23,24)/b16-11+. The Morgan fingerprint density at radius 3 is 2.19 bits per heavy atom. The van der Waals surface area contributed by atoms with E-state index < -0.39 is 49.6 Å². The van der Waals surface area contributed by atoms with Crippen LogP contribution in [0.2, 0.25) is 0 Å². The SMILES string of the molecule is C/C(=N\NC(C)CS(=O)(=O)CC1C[N+](C)(C)CC1CS(=O)(=O)[O-])C(=O)O. The molecule has 0 amide bonds.